The lowest BCUT2D eigenvalue weighted by Crippen LogP contribution is -2.25. The van der Waals surface area contributed by atoms with Crippen LogP contribution in [0.4, 0.5) is 0 Å². The number of pyridine rings is 1. The molecule has 0 aliphatic carbocycles. The van der Waals surface area contributed by atoms with Crippen molar-refractivity contribution < 1.29 is 0 Å². The van der Waals surface area contributed by atoms with Crippen molar-refractivity contribution in [2.75, 3.05) is 0 Å². The van der Waals surface area contributed by atoms with Gasteiger partial charge in [0.25, 0.3) is 0 Å². The maximum atomic E-state index is 4.41. The highest BCUT2D eigenvalue weighted by atomic mass is 14.7. The molecule has 1 rings (SSSR count). The van der Waals surface area contributed by atoms with Crippen LogP contribution < -0.4 is 10.4 Å². The van der Waals surface area contributed by atoms with E-state index < -0.39 is 0 Å². The predicted octanol–water partition coefficient (Wildman–Crippen LogP) is 1.97. The molecule has 1 aromatic heterocycles. The quantitative estimate of drug-likeness (QED) is 0.690. The van der Waals surface area contributed by atoms with E-state index in [0.29, 0.717) is 5.92 Å². The van der Waals surface area contributed by atoms with E-state index in [1.54, 1.807) is 0 Å². The SMILES string of the molecule is C=C/C=c1/cc(C(C)C)nc/c1=C/C. The smallest absolute Gasteiger partial charge is 0.0435 e. The summed E-state index contributed by atoms with van der Waals surface area (Å²) < 4.78 is 0. The third-order valence-corrected chi connectivity index (χ3v) is 2.19. The lowest BCUT2D eigenvalue weighted by Gasteiger charge is -2.03. The van der Waals surface area contributed by atoms with E-state index in [1.165, 1.54) is 5.22 Å². The largest absolute Gasteiger partial charge is 0.260 e. The van der Waals surface area contributed by atoms with Gasteiger partial charge in [-0.1, -0.05) is 38.7 Å². The zero-order valence-electron chi connectivity index (χ0n) is 9.12. The average molecular weight is 187 g/mol. The highest BCUT2D eigenvalue weighted by Gasteiger charge is 1.98. The second-order valence-electron chi connectivity index (χ2n) is 3.58. The molecule has 74 valence electrons. The summed E-state index contributed by atoms with van der Waals surface area (Å²) in [5.74, 6) is 0.470. The maximum absolute atomic E-state index is 4.41. The zero-order chi connectivity index (χ0) is 10.6. The molecule has 0 N–H and O–H groups in total. The Morgan fingerprint density at radius 2 is 2.07 bits per heavy atom. The lowest BCUT2D eigenvalue weighted by atomic mass is 10.1. The van der Waals surface area contributed by atoms with Gasteiger partial charge < -0.3 is 0 Å². The first-order valence-corrected chi connectivity index (χ1v) is 4.94. The van der Waals surface area contributed by atoms with Crippen LogP contribution in [0.15, 0.2) is 24.9 Å². The molecule has 14 heavy (non-hydrogen) atoms. The van der Waals surface area contributed by atoms with Gasteiger partial charge in [0.2, 0.25) is 0 Å². The fraction of sp³-hybridized carbons (Fsp3) is 0.308. The van der Waals surface area contributed by atoms with Gasteiger partial charge in [-0.15, -0.1) is 0 Å². The summed E-state index contributed by atoms with van der Waals surface area (Å²) in [4.78, 5) is 4.41. The second kappa shape index (κ2) is 4.75. The summed E-state index contributed by atoms with van der Waals surface area (Å²) in [6, 6.07) is 2.13. The zero-order valence-corrected chi connectivity index (χ0v) is 9.12. The molecule has 0 atom stereocenters. The number of aromatic nitrogens is 1. The molecule has 0 bridgehead atoms. The van der Waals surface area contributed by atoms with Gasteiger partial charge in [0.15, 0.2) is 0 Å². The van der Waals surface area contributed by atoms with Gasteiger partial charge in [0.05, 0.1) is 0 Å². The number of nitrogens with zero attached hydrogens (tertiary/aromatic N) is 1. The Labute approximate surface area is 85.5 Å². The molecule has 0 amide bonds. The Hall–Kier alpha value is -1.37. The van der Waals surface area contributed by atoms with Crippen LogP contribution >= 0.6 is 0 Å². The third kappa shape index (κ3) is 2.32. The van der Waals surface area contributed by atoms with E-state index in [-0.39, 0.29) is 0 Å². The van der Waals surface area contributed by atoms with Crippen molar-refractivity contribution in [2.24, 2.45) is 0 Å². The maximum Gasteiger partial charge on any atom is 0.0435 e. The Bertz CT molecular complexity index is 427. The van der Waals surface area contributed by atoms with E-state index in [1.807, 2.05) is 25.3 Å². The van der Waals surface area contributed by atoms with E-state index in [2.05, 4.69) is 37.6 Å². The van der Waals surface area contributed by atoms with Gasteiger partial charge >= 0.3 is 0 Å². The average Bonchev–Trinajstić information content (AvgIpc) is 2.18. The lowest BCUT2D eigenvalue weighted by molar-refractivity contribution is 0.819. The van der Waals surface area contributed by atoms with E-state index >= 15 is 0 Å². The van der Waals surface area contributed by atoms with Crippen LogP contribution in [0.25, 0.3) is 12.2 Å². The molecule has 1 aromatic rings. The number of hydrogen-bond donors (Lipinski definition) is 0. The van der Waals surface area contributed by atoms with Gasteiger partial charge in [-0.25, -0.2) is 0 Å². The van der Waals surface area contributed by atoms with Crippen molar-refractivity contribution in [3.8, 4) is 0 Å². The standard InChI is InChI=1S/C13H17N/c1-5-7-12-8-13(10(3)4)14-9-11(12)6-2/h5-10H,1H2,2-4H3/b11-6-,12-7-. The first kappa shape index (κ1) is 10.7. The van der Waals surface area contributed by atoms with E-state index in [0.717, 1.165) is 10.9 Å². The van der Waals surface area contributed by atoms with Crippen LogP contribution in [0.5, 0.6) is 0 Å². The van der Waals surface area contributed by atoms with Crippen molar-refractivity contribution >= 4 is 12.2 Å². The summed E-state index contributed by atoms with van der Waals surface area (Å²) in [5.41, 5.74) is 1.13. The van der Waals surface area contributed by atoms with Gasteiger partial charge in [0.1, 0.15) is 0 Å². The molecule has 0 aromatic carbocycles. The topological polar surface area (TPSA) is 12.9 Å². The molecule has 0 unspecified atom stereocenters. The molecule has 0 saturated heterocycles. The Balaban J connectivity index is 3.44. The summed E-state index contributed by atoms with van der Waals surface area (Å²) in [6.07, 6.45) is 7.81. The van der Waals surface area contributed by atoms with Crippen LogP contribution in [0, 0.1) is 0 Å². The van der Waals surface area contributed by atoms with Crippen LogP contribution in [-0.4, -0.2) is 4.98 Å². The summed E-state index contributed by atoms with van der Waals surface area (Å²) >= 11 is 0. The van der Waals surface area contributed by atoms with Gasteiger partial charge in [0, 0.05) is 11.9 Å². The van der Waals surface area contributed by atoms with Crippen LogP contribution in [0.2, 0.25) is 0 Å². The second-order valence-corrected chi connectivity index (χ2v) is 3.58. The molecule has 0 aliphatic rings. The normalized spacial score (nSPS) is 13.7. The van der Waals surface area contributed by atoms with Crippen LogP contribution in [0.3, 0.4) is 0 Å². The Morgan fingerprint density at radius 1 is 1.36 bits per heavy atom. The van der Waals surface area contributed by atoms with Crippen LogP contribution in [0.1, 0.15) is 32.4 Å². The molecule has 0 saturated carbocycles. The van der Waals surface area contributed by atoms with Crippen molar-refractivity contribution in [3.05, 3.63) is 41.0 Å². The summed E-state index contributed by atoms with van der Waals surface area (Å²) in [7, 11) is 0. The van der Waals surface area contributed by atoms with Crippen molar-refractivity contribution in [1.29, 1.82) is 0 Å². The fourth-order valence-corrected chi connectivity index (χ4v) is 1.33. The van der Waals surface area contributed by atoms with Gasteiger partial charge in [-0.05, 0) is 29.3 Å². The molecule has 1 heteroatoms. The highest BCUT2D eigenvalue weighted by molar-refractivity contribution is 5.38. The molecule has 0 radical (unpaired) electrons. The molecule has 0 aliphatic heterocycles. The molecule has 1 heterocycles. The predicted molar refractivity (Wildman–Crippen MR) is 62.4 cm³/mol. The molecular formula is C13H17N. The first-order valence-electron chi connectivity index (χ1n) is 4.94. The van der Waals surface area contributed by atoms with Gasteiger partial charge in [-0.2, -0.15) is 0 Å². The molecular weight excluding hydrogens is 170 g/mol. The Kier molecular flexibility index (Phi) is 3.63. The minimum Gasteiger partial charge on any atom is -0.260 e. The molecule has 0 spiro atoms. The number of allylic oxidation sites excluding steroid dienone is 1. The minimum atomic E-state index is 0.470. The first-order chi connectivity index (χ1) is 6.69. The third-order valence-electron chi connectivity index (χ3n) is 2.19. The summed E-state index contributed by atoms with van der Waals surface area (Å²) in [6.45, 7) is 10.0. The molecule has 0 fully saturated rings. The monoisotopic (exact) mass is 187 g/mol. The van der Waals surface area contributed by atoms with Crippen molar-refractivity contribution in [2.45, 2.75) is 26.7 Å². The van der Waals surface area contributed by atoms with E-state index in [4.69, 9.17) is 0 Å². The summed E-state index contributed by atoms with van der Waals surface area (Å²) in [5, 5.41) is 2.36. The Morgan fingerprint density at radius 3 is 2.57 bits per heavy atom. The van der Waals surface area contributed by atoms with Crippen molar-refractivity contribution in [1.82, 2.24) is 4.98 Å². The minimum absolute atomic E-state index is 0.470. The van der Waals surface area contributed by atoms with Crippen LogP contribution in [-0.2, 0) is 0 Å². The van der Waals surface area contributed by atoms with E-state index in [9.17, 15) is 0 Å². The van der Waals surface area contributed by atoms with Crippen molar-refractivity contribution in [3.63, 3.8) is 0 Å². The number of hydrogen-bond acceptors (Lipinski definition) is 1. The number of rotatable bonds is 2. The molecule has 1 nitrogen and oxygen atoms in total. The highest BCUT2D eigenvalue weighted by Crippen LogP contribution is 2.06. The van der Waals surface area contributed by atoms with Gasteiger partial charge in [-0.3, -0.25) is 4.98 Å². The fourth-order valence-electron chi connectivity index (χ4n) is 1.33.